The molecule has 2 aliphatic rings. The zero-order valence-electron chi connectivity index (χ0n) is 12.4. The molecule has 1 unspecified atom stereocenters. The van der Waals surface area contributed by atoms with E-state index < -0.39 is 10.0 Å². The van der Waals surface area contributed by atoms with Gasteiger partial charge in [-0.15, -0.1) is 0 Å². The van der Waals surface area contributed by atoms with Crippen LogP contribution in [0, 0.1) is 5.92 Å². The Morgan fingerprint density at radius 2 is 1.86 bits per heavy atom. The first kappa shape index (κ1) is 15.7. The van der Waals surface area contributed by atoms with Gasteiger partial charge < -0.3 is 9.47 Å². The highest BCUT2D eigenvalue weighted by Crippen LogP contribution is 2.26. The number of ether oxygens (including phenoxy) is 2. The summed E-state index contributed by atoms with van der Waals surface area (Å²) in [5.41, 5.74) is 0.877. The SMILES string of the molecule is O=S(=O)(/C=C/c1ccccc1)N1CCCC(C2OCCO2)C1. The van der Waals surface area contributed by atoms with E-state index in [4.69, 9.17) is 9.47 Å². The molecule has 120 valence electrons. The van der Waals surface area contributed by atoms with Crippen molar-refractivity contribution in [3.63, 3.8) is 0 Å². The van der Waals surface area contributed by atoms with Crippen LogP contribution in [0.25, 0.3) is 6.08 Å². The molecule has 22 heavy (non-hydrogen) atoms. The molecule has 1 atom stereocenters. The van der Waals surface area contributed by atoms with Crippen LogP contribution in [-0.4, -0.2) is 45.3 Å². The molecule has 1 aromatic carbocycles. The highest BCUT2D eigenvalue weighted by Gasteiger charge is 2.34. The van der Waals surface area contributed by atoms with Crippen molar-refractivity contribution >= 4 is 16.1 Å². The normalized spacial score (nSPS) is 25.0. The van der Waals surface area contributed by atoms with Crippen LogP contribution in [0.2, 0.25) is 0 Å². The summed E-state index contributed by atoms with van der Waals surface area (Å²) in [6.07, 6.45) is 3.17. The molecule has 1 aromatic rings. The van der Waals surface area contributed by atoms with Crippen LogP contribution < -0.4 is 0 Å². The van der Waals surface area contributed by atoms with Crippen molar-refractivity contribution in [3.05, 3.63) is 41.3 Å². The van der Waals surface area contributed by atoms with Crippen LogP contribution >= 0.6 is 0 Å². The predicted molar refractivity (Wildman–Crippen MR) is 84.4 cm³/mol. The molecule has 0 N–H and O–H groups in total. The summed E-state index contributed by atoms with van der Waals surface area (Å²) in [5, 5.41) is 1.29. The second-order valence-corrected chi connectivity index (χ2v) is 7.45. The molecular weight excluding hydrogens is 302 g/mol. The lowest BCUT2D eigenvalue weighted by Crippen LogP contribution is -2.43. The Bertz CT molecular complexity index is 608. The Hall–Kier alpha value is -1.21. The Balaban J connectivity index is 1.67. The minimum atomic E-state index is -3.40. The van der Waals surface area contributed by atoms with Gasteiger partial charge in [0.15, 0.2) is 6.29 Å². The summed E-state index contributed by atoms with van der Waals surface area (Å²) in [4.78, 5) is 0. The van der Waals surface area contributed by atoms with Gasteiger partial charge in [0.05, 0.1) is 13.2 Å². The average molecular weight is 323 g/mol. The summed E-state index contributed by atoms with van der Waals surface area (Å²) in [7, 11) is -3.40. The highest BCUT2D eigenvalue weighted by atomic mass is 32.2. The van der Waals surface area contributed by atoms with Gasteiger partial charge in [0, 0.05) is 24.4 Å². The first-order chi connectivity index (χ1) is 10.6. The fourth-order valence-corrected chi connectivity index (χ4v) is 4.17. The number of hydrogen-bond donors (Lipinski definition) is 0. The lowest BCUT2D eigenvalue weighted by molar-refractivity contribution is -0.0939. The van der Waals surface area contributed by atoms with E-state index in [1.54, 1.807) is 6.08 Å². The van der Waals surface area contributed by atoms with Gasteiger partial charge in [0.1, 0.15) is 0 Å². The van der Waals surface area contributed by atoms with Gasteiger partial charge in [0.2, 0.25) is 10.0 Å². The van der Waals surface area contributed by atoms with Crippen molar-refractivity contribution in [1.29, 1.82) is 0 Å². The molecule has 2 saturated heterocycles. The second kappa shape index (κ2) is 6.91. The van der Waals surface area contributed by atoms with E-state index >= 15 is 0 Å². The van der Waals surface area contributed by atoms with Crippen molar-refractivity contribution in [2.75, 3.05) is 26.3 Å². The van der Waals surface area contributed by atoms with Crippen molar-refractivity contribution in [1.82, 2.24) is 4.31 Å². The van der Waals surface area contributed by atoms with Gasteiger partial charge in [-0.25, -0.2) is 8.42 Å². The molecular formula is C16H21NO4S. The van der Waals surface area contributed by atoms with Gasteiger partial charge in [0.25, 0.3) is 0 Å². The Kier molecular flexibility index (Phi) is 4.93. The molecule has 0 spiro atoms. The third-order valence-electron chi connectivity index (χ3n) is 4.04. The van der Waals surface area contributed by atoms with Gasteiger partial charge in [-0.05, 0) is 24.5 Å². The number of hydrogen-bond acceptors (Lipinski definition) is 4. The van der Waals surface area contributed by atoms with Crippen LogP contribution in [0.15, 0.2) is 35.7 Å². The van der Waals surface area contributed by atoms with Crippen LogP contribution in [0.1, 0.15) is 18.4 Å². The zero-order valence-corrected chi connectivity index (χ0v) is 13.2. The summed E-state index contributed by atoms with van der Waals surface area (Å²) in [5.74, 6) is 0.121. The van der Waals surface area contributed by atoms with Gasteiger partial charge in [-0.1, -0.05) is 30.3 Å². The van der Waals surface area contributed by atoms with Crippen LogP contribution in [-0.2, 0) is 19.5 Å². The maximum atomic E-state index is 12.5. The molecule has 3 rings (SSSR count). The van der Waals surface area contributed by atoms with E-state index in [9.17, 15) is 8.42 Å². The minimum Gasteiger partial charge on any atom is -0.350 e. The smallest absolute Gasteiger partial charge is 0.236 e. The van der Waals surface area contributed by atoms with Gasteiger partial charge >= 0.3 is 0 Å². The van der Waals surface area contributed by atoms with E-state index in [-0.39, 0.29) is 12.2 Å². The molecule has 6 heteroatoms. The topological polar surface area (TPSA) is 55.8 Å². The molecule has 0 aromatic heterocycles. The monoisotopic (exact) mass is 323 g/mol. The molecule has 0 bridgehead atoms. The molecule has 0 amide bonds. The molecule has 0 saturated carbocycles. The maximum Gasteiger partial charge on any atom is 0.236 e. The van der Waals surface area contributed by atoms with Gasteiger partial charge in [-0.3, -0.25) is 0 Å². The fraction of sp³-hybridized carbons (Fsp3) is 0.500. The molecule has 2 aliphatic heterocycles. The Labute approximate surface area is 131 Å². The number of piperidine rings is 1. The summed E-state index contributed by atoms with van der Waals surface area (Å²) in [6, 6.07) is 9.44. The fourth-order valence-electron chi connectivity index (χ4n) is 2.89. The van der Waals surface area contributed by atoms with E-state index in [0.29, 0.717) is 26.3 Å². The largest absolute Gasteiger partial charge is 0.350 e. The zero-order chi connectivity index (χ0) is 15.4. The lowest BCUT2D eigenvalue weighted by atomic mass is 9.99. The summed E-state index contributed by atoms with van der Waals surface area (Å²) < 4.78 is 37.5. The van der Waals surface area contributed by atoms with Crippen molar-refractivity contribution in [2.45, 2.75) is 19.1 Å². The van der Waals surface area contributed by atoms with Crippen molar-refractivity contribution < 1.29 is 17.9 Å². The maximum absolute atomic E-state index is 12.5. The van der Waals surface area contributed by atoms with Crippen molar-refractivity contribution in [3.8, 4) is 0 Å². The Morgan fingerprint density at radius 1 is 1.14 bits per heavy atom. The first-order valence-corrected chi connectivity index (χ1v) is 9.12. The third-order valence-corrected chi connectivity index (χ3v) is 5.58. The highest BCUT2D eigenvalue weighted by molar-refractivity contribution is 7.92. The van der Waals surface area contributed by atoms with Crippen LogP contribution in [0.4, 0.5) is 0 Å². The predicted octanol–water partition coefficient (Wildman–Crippen LogP) is 2.07. The molecule has 2 heterocycles. The van der Waals surface area contributed by atoms with Crippen molar-refractivity contribution in [2.24, 2.45) is 5.92 Å². The molecule has 0 radical (unpaired) electrons. The second-order valence-electron chi connectivity index (χ2n) is 5.63. The number of benzene rings is 1. The molecule has 0 aliphatic carbocycles. The first-order valence-electron chi connectivity index (χ1n) is 7.62. The van der Waals surface area contributed by atoms with E-state index in [2.05, 4.69) is 0 Å². The standard InChI is InChI=1S/C16H21NO4S/c18-22(19,12-8-14-5-2-1-3-6-14)17-9-4-7-15(13-17)16-20-10-11-21-16/h1-3,5-6,8,12,15-16H,4,7,9-11,13H2/b12-8+. The number of nitrogens with zero attached hydrogens (tertiary/aromatic N) is 1. The van der Waals surface area contributed by atoms with Crippen LogP contribution in [0.5, 0.6) is 0 Å². The lowest BCUT2D eigenvalue weighted by Gasteiger charge is -2.33. The third kappa shape index (κ3) is 3.76. The van der Waals surface area contributed by atoms with E-state index in [1.807, 2.05) is 30.3 Å². The number of sulfonamides is 1. The molecule has 2 fully saturated rings. The Morgan fingerprint density at radius 3 is 2.59 bits per heavy atom. The summed E-state index contributed by atoms with van der Waals surface area (Å²) in [6.45, 7) is 2.22. The quantitative estimate of drug-likeness (QED) is 0.851. The minimum absolute atomic E-state index is 0.121. The van der Waals surface area contributed by atoms with E-state index in [1.165, 1.54) is 9.71 Å². The van der Waals surface area contributed by atoms with Crippen LogP contribution in [0.3, 0.4) is 0 Å². The van der Waals surface area contributed by atoms with Gasteiger partial charge in [-0.2, -0.15) is 4.31 Å². The summed E-state index contributed by atoms with van der Waals surface area (Å²) >= 11 is 0. The number of rotatable bonds is 4. The average Bonchev–Trinajstić information content (AvgIpc) is 3.09. The van der Waals surface area contributed by atoms with E-state index in [0.717, 1.165) is 18.4 Å². The molecule has 5 nitrogen and oxygen atoms in total.